The van der Waals surface area contributed by atoms with Crippen molar-refractivity contribution in [2.45, 2.75) is 18.9 Å². The van der Waals surface area contributed by atoms with Gasteiger partial charge in [-0.05, 0) is 36.5 Å². The van der Waals surface area contributed by atoms with Crippen LogP contribution in [0.4, 0.5) is 0 Å². The van der Waals surface area contributed by atoms with E-state index in [4.69, 9.17) is 0 Å². The van der Waals surface area contributed by atoms with Gasteiger partial charge in [0.05, 0.1) is 6.10 Å². The first-order chi connectivity index (χ1) is 4.86. The Hall–Kier alpha value is -0.300. The largest absolute Gasteiger partial charge is 0.393 e. The Bertz CT molecular complexity index is 197. The molecule has 10 heavy (non-hydrogen) atoms. The van der Waals surface area contributed by atoms with Gasteiger partial charge in [0.2, 0.25) is 0 Å². The van der Waals surface area contributed by atoms with Crippen molar-refractivity contribution in [2.24, 2.45) is 23.7 Å². The second-order valence-electron chi connectivity index (χ2n) is 3.99. The van der Waals surface area contributed by atoms with Crippen molar-refractivity contribution in [1.29, 1.82) is 0 Å². The van der Waals surface area contributed by atoms with Crippen molar-refractivity contribution in [2.75, 3.05) is 0 Å². The molecule has 5 atom stereocenters. The van der Waals surface area contributed by atoms with E-state index in [2.05, 4.69) is 12.2 Å². The molecule has 0 heterocycles. The van der Waals surface area contributed by atoms with E-state index in [1.807, 2.05) is 0 Å². The lowest BCUT2D eigenvalue weighted by atomic mass is 9.66. The molecule has 3 rings (SSSR count). The highest BCUT2D eigenvalue weighted by atomic mass is 16.3. The molecule has 2 fully saturated rings. The Balaban J connectivity index is 1.96. The molecule has 0 spiro atoms. The third kappa shape index (κ3) is 0.420. The summed E-state index contributed by atoms with van der Waals surface area (Å²) in [4.78, 5) is 0. The van der Waals surface area contributed by atoms with Crippen LogP contribution in [0.25, 0.3) is 0 Å². The van der Waals surface area contributed by atoms with Crippen LogP contribution in [-0.2, 0) is 0 Å². The van der Waals surface area contributed by atoms with E-state index in [0.717, 1.165) is 24.2 Å². The standard InChI is InChI=1S/C9H12O/c10-8-4-7-5-1-2-6(3-5)9(7)8/h1-2,5-10H,3-4H2. The molecule has 54 valence electrons. The van der Waals surface area contributed by atoms with Crippen LogP contribution in [-0.4, -0.2) is 11.2 Å². The van der Waals surface area contributed by atoms with Crippen molar-refractivity contribution in [1.82, 2.24) is 0 Å². The number of hydrogen-bond donors (Lipinski definition) is 1. The number of hydrogen-bond acceptors (Lipinski definition) is 1. The van der Waals surface area contributed by atoms with Crippen LogP contribution in [0.1, 0.15) is 12.8 Å². The van der Waals surface area contributed by atoms with Crippen LogP contribution in [0.2, 0.25) is 0 Å². The summed E-state index contributed by atoms with van der Waals surface area (Å²) in [5.41, 5.74) is 0. The molecule has 0 aromatic carbocycles. The van der Waals surface area contributed by atoms with Crippen LogP contribution in [0.3, 0.4) is 0 Å². The molecule has 1 N–H and O–H groups in total. The van der Waals surface area contributed by atoms with Gasteiger partial charge >= 0.3 is 0 Å². The Kier molecular flexibility index (Phi) is 0.791. The van der Waals surface area contributed by atoms with Gasteiger partial charge in [0, 0.05) is 0 Å². The summed E-state index contributed by atoms with van der Waals surface area (Å²) < 4.78 is 0. The van der Waals surface area contributed by atoms with E-state index in [-0.39, 0.29) is 6.10 Å². The van der Waals surface area contributed by atoms with E-state index in [1.54, 1.807) is 0 Å². The van der Waals surface area contributed by atoms with Crippen LogP contribution >= 0.6 is 0 Å². The number of rotatable bonds is 0. The molecule has 2 saturated carbocycles. The minimum atomic E-state index is 0.0462. The molecule has 0 aliphatic heterocycles. The maximum atomic E-state index is 9.41. The molecule has 1 heteroatoms. The molecule has 2 bridgehead atoms. The quantitative estimate of drug-likeness (QED) is 0.496. The molecule has 1 nitrogen and oxygen atoms in total. The minimum absolute atomic E-state index is 0.0462. The summed E-state index contributed by atoms with van der Waals surface area (Å²) >= 11 is 0. The van der Waals surface area contributed by atoms with Crippen molar-refractivity contribution < 1.29 is 5.11 Å². The smallest absolute Gasteiger partial charge is 0.0579 e. The SMILES string of the molecule is OC1CC2C3C=CC(C3)C12. The van der Waals surface area contributed by atoms with Gasteiger partial charge in [0.15, 0.2) is 0 Å². The number of aliphatic hydroxyl groups is 1. The second kappa shape index (κ2) is 1.48. The highest BCUT2D eigenvalue weighted by Gasteiger charge is 2.54. The molecule has 5 unspecified atom stereocenters. The fraction of sp³-hybridized carbons (Fsp3) is 0.778. The molecule has 0 saturated heterocycles. The van der Waals surface area contributed by atoms with E-state index in [1.165, 1.54) is 6.42 Å². The van der Waals surface area contributed by atoms with E-state index in [9.17, 15) is 5.11 Å². The van der Waals surface area contributed by atoms with Crippen LogP contribution < -0.4 is 0 Å². The van der Waals surface area contributed by atoms with Gasteiger partial charge in [-0.3, -0.25) is 0 Å². The summed E-state index contributed by atoms with van der Waals surface area (Å²) in [6.07, 6.45) is 7.14. The molecule has 0 aromatic heterocycles. The van der Waals surface area contributed by atoms with Gasteiger partial charge in [-0.2, -0.15) is 0 Å². The predicted molar refractivity (Wildman–Crippen MR) is 38.3 cm³/mol. The highest BCUT2D eigenvalue weighted by Crippen LogP contribution is 2.57. The number of allylic oxidation sites excluding steroid dienone is 2. The summed E-state index contributed by atoms with van der Waals surface area (Å²) in [7, 11) is 0. The minimum Gasteiger partial charge on any atom is -0.393 e. The second-order valence-corrected chi connectivity index (χ2v) is 3.99. The topological polar surface area (TPSA) is 20.2 Å². The third-order valence-corrected chi connectivity index (χ3v) is 3.65. The van der Waals surface area contributed by atoms with Gasteiger partial charge in [-0.1, -0.05) is 12.2 Å². The average Bonchev–Trinajstić information content (AvgIpc) is 2.40. The molecule has 3 aliphatic rings. The van der Waals surface area contributed by atoms with E-state index >= 15 is 0 Å². The summed E-state index contributed by atoms with van der Waals surface area (Å²) in [5, 5.41) is 9.41. The van der Waals surface area contributed by atoms with Crippen LogP contribution in [0.5, 0.6) is 0 Å². The Morgan fingerprint density at radius 1 is 1.10 bits per heavy atom. The Labute approximate surface area is 60.7 Å². The van der Waals surface area contributed by atoms with Gasteiger partial charge in [0.25, 0.3) is 0 Å². The van der Waals surface area contributed by atoms with Gasteiger partial charge in [0.1, 0.15) is 0 Å². The fourth-order valence-electron chi connectivity index (χ4n) is 3.11. The number of aliphatic hydroxyl groups excluding tert-OH is 1. The van der Waals surface area contributed by atoms with Crippen molar-refractivity contribution >= 4 is 0 Å². The van der Waals surface area contributed by atoms with Crippen molar-refractivity contribution in [3.05, 3.63) is 12.2 Å². The molecule has 0 aromatic rings. The normalized spacial score (nSPS) is 62.3. The van der Waals surface area contributed by atoms with Crippen molar-refractivity contribution in [3.63, 3.8) is 0 Å². The zero-order chi connectivity index (χ0) is 6.72. The zero-order valence-corrected chi connectivity index (χ0v) is 5.90. The first-order valence-electron chi connectivity index (χ1n) is 4.22. The van der Waals surface area contributed by atoms with E-state index < -0.39 is 0 Å². The van der Waals surface area contributed by atoms with Gasteiger partial charge in [-0.15, -0.1) is 0 Å². The monoisotopic (exact) mass is 136 g/mol. The summed E-state index contributed by atoms with van der Waals surface area (Å²) in [5.74, 6) is 3.12. The summed E-state index contributed by atoms with van der Waals surface area (Å²) in [6.45, 7) is 0. The lowest BCUT2D eigenvalue weighted by molar-refractivity contribution is -0.0386. The van der Waals surface area contributed by atoms with Crippen LogP contribution in [0.15, 0.2) is 12.2 Å². The maximum Gasteiger partial charge on any atom is 0.0579 e. The van der Waals surface area contributed by atoms with E-state index in [0.29, 0.717) is 5.92 Å². The van der Waals surface area contributed by atoms with Gasteiger partial charge < -0.3 is 5.11 Å². The maximum absolute atomic E-state index is 9.41. The van der Waals surface area contributed by atoms with Crippen molar-refractivity contribution in [3.8, 4) is 0 Å². The number of fused-ring (bicyclic) bond motifs is 5. The molecule has 0 amide bonds. The lowest BCUT2D eigenvalue weighted by Gasteiger charge is -2.42. The first kappa shape index (κ1) is 5.36. The Morgan fingerprint density at radius 3 is 2.50 bits per heavy atom. The molecular weight excluding hydrogens is 124 g/mol. The third-order valence-electron chi connectivity index (χ3n) is 3.65. The molecular formula is C9H12O. The van der Waals surface area contributed by atoms with Gasteiger partial charge in [-0.25, -0.2) is 0 Å². The summed E-state index contributed by atoms with van der Waals surface area (Å²) in [6, 6.07) is 0. The first-order valence-corrected chi connectivity index (χ1v) is 4.22. The molecule has 0 radical (unpaired) electrons. The lowest BCUT2D eigenvalue weighted by Crippen LogP contribution is -2.43. The average molecular weight is 136 g/mol. The zero-order valence-electron chi connectivity index (χ0n) is 5.90. The van der Waals surface area contributed by atoms with Crippen LogP contribution in [0, 0.1) is 23.7 Å². The predicted octanol–water partition coefficient (Wildman–Crippen LogP) is 1.19. The molecule has 3 aliphatic carbocycles. The highest BCUT2D eigenvalue weighted by molar-refractivity contribution is 5.18. The fourth-order valence-corrected chi connectivity index (χ4v) is 3.11. The Morgan fingerprint density at radius 2 is 1.90 bits per heavy atom.